The smallest absolute Gasteiger partial charge is 0.230 e. The first-order chi connectivity index (χ1) is 12.2. The minimum atomic E-state index is -0.130. The zero-order valence-electron chi connectivity index (χ0n) is 13.8. The molecule has 0 radical (unpaired) electrons. The zero-order chi connectivity index (χ0) is 17.6. The van der Waals surface area contributed by atoms with Crippen LogP contribution in [0.2, 0.25) is 0 Å². The molecule has 0 atom stereocenters. The van der Waals surface area contributed by atoms with Crippen LogP contribution in [0, 0.1) is 0 Å². The van der Waals surface area contributed by atoms with Crippen molar-refractivity contribution in [2.75, 3.05) is 11.6 Å². The van der Waals surface area contributed by atoms with Gasteiger partial charge in [-0.3, -0.25) is 4.79 Å². The molecular weight excluding hydrogens is 348 g/mol. The highest BCUT2D eigenvalue weighted by Gasteiger charge is 2.09. The molecule has 0 aliphatic rings. The van der Waals surface area contributed by atoms with Crippen molar-refractivity contribution in [2.24, 2.45) is 0 Å². The first-order valence-electron chi connectivity index (χ1n) is 7.87. The van der Waals surface area contributed by atoms with Gasteiger partial charge in [0, 0.05) is 10.6 Å². The molecule has 0 spiro atoms. The van der Waals surface area contributed by atoms with Gasteiger partial charge in [0.15, 0.2) is 5.11 Å². The highest BCUT2D eigenvalue weighted by molar-refractivity contribution is 7.98. The van der Waals surface area contributed by atoms with Gasteiger partial charge < -0.3 is 10.6 Å². The Morgan fingerprint density at radius 1 is 1.04 bits per heavy atom. The van der Waals surface area contributed by atoms with E-state index in [0.29, 0.717) is 5.11 Å². The lowest BCUT2D eigenvalue weighted by Gasteiger charge is -2.11. The van der Waals surface area contributed by atoms with E-state index in [2.05, 4.69) is 10.6 Å². The fourth-order valence-corrected chi connectivity index (χ4v) is 3.34. The van der Waals surface area contributed by atoms with Gasteiger partial charge in [-0.1, -0.05) is 48.5 Å². The lowest BCUT2D eigenvalue weighted by Crippen LogP contribution is -2.35. The van der Waals surface area contributed by atoms with Gasteiger partial charge in [0.2, 0.25) is 5.91 Å². The largest absolute Gasteiger partial charge is 0.332 e. The molecule has 0 heterocycles. The van der Waals surface area contributed by atoms with Crippen LogP contribution >= 0.6 is 24.0 Å². The van der Waals surface area contributed by atoms with Crippen LogP contribution in [0.4, 0.5) is 5.69 Å². The molecule has 0 aromatic heterocycles. The number of thioether (sulfide) groups is 1. The minimum Gasteiger partial charge on any atom is -0.332 e. The number of hydrogen-bond acceptors (Lipinski definition) is 3. The van der Waals surface area contributed by atoms with E-state index in [1.807, 2.05) is 73.0 Å². The molecule has 126 valence electrons. The normalized spacial score (nSPS) is 10.4. The molecule has 3 aromatic carbocycles. The van der Waals surface area contributed by atoms with Crippen LogP contribution in [-0.4, -0.2) is 17.3 Å². The Hall–Kier alpha value is -2.37. The monoisotopic (exact) mass is 366 g/mol. The second kappa shape index (κ2) is 8.14. The molecular formula is C20H18N2OS2. The number of thiocarbonyl (C=S) groups is 1. The van der Waals surface area contributed by atoms with E-state index in [1.165, 1.54) is 0 Å². The fraction of sp³-hybridized carbons (Fsp3) is 0.100. The summed E-state index contributed by atoms with van der Waals surface area (Å²) >= 11 is 6.91. The molecule has 0 bridgehead atoms. The molecule has 5 heteroatoms. The molecule has 0 saturated carbocycles. The number of carbonyl (C=O) groups excluding carboxylic acids is 1. The molecule has 1 amide bonds. The zero-order valence-corrected chi connectivity index (χ0v) is 15.4. The van der Waals surface area contributed by atoms with E-state index in [0.717, 1.165) is 26.9 Å². The van der Waals surface area contributed by atoms with Crippen molar-refractivity contribution in [1.29, 1.82) is 0 Å². The number of carbonyl (C=O) groups is 1. The molecule has 0 aliphatic heterocycles. The third-order valence-corrected chi connectivity index (χ3v) is 4.74. The van der Waals surface area contributed by atoms with E-state index in [-0.39, 0.29) is 12.3 Å². The first-order valence-corrected chi connectivity index (χ1v) is 9.50. The maximum atomic E-state index is 12.3. The molecule has 2 N–H and O–H groups in total. The number of hydrogen-bond donors (Lipinski definition) is 2. The average molecular weight is 367 g/mol. The second-order valence-electron chi connectivity index (χ2n) is 5.55. The van der Waals surface area contributed by atoms with Crippen molar-refractivity contribution in [3.05, 3.63) is 72.3 Å². The highest BCUT2D eigenvalue weighted by Crippen LogP contribution is 2.20. The Balaban J connectivity index is 1.64. The number of benzene rings is 3. The van der Waals surface area contributed by atoms with Crippen molar-refractivity contribution in [2.45, 2.75) is 11.3 Å². The van der Waals surface area contributed by atoms with Crippen LogP contribution in [-0.2, 0) is 11.2 Å². The lowest BCUT2D eigenvalue weighted by atomic mass is 10.0. The predicted molar refractivity (Wildman–Crippen MR) is 110 cm³/mol. The van der Waals surface area contributed by atoms with Crippen LogP contribution in [0.3, 0.4) is 0 Å². The van der Waals surface area contributed by atoms with Gasteiger partial charge in [-0.25, -0.2) is 0 Å². The van der Waals surface area contributed by atoms with Crippen LogP contribution in [0.1, 0.15) is 5.56 Å². The van der Waals surface area contributed by atoms with Gasteiger partial charge in [-0.2, -0.15) is 0 Å². The summed E-state index contributed by atoms with van der Waals surface area (Å²) in [7, 11) is 0. The summed E-state index contributed by atoms with van der Waals surface area (Å²) in [5.74, 6) is -0.130. The number of fused-ring (bicyclic) bond motifs is 1. The Morgan fingerprint density at radius 3 is 2.64 bits per heavy atom. The van der Waals surface area contributed by atoms with Crippen LogP contribution < -0.4 is 10.6 Å². The van der Waals surface area contributed by atoms with Crippen LogP contribution in [0.15, 0.2) is 71.6 Å². The Kier molecular flexibility index (Phi) is 5.68. The third-order valence-electron chi connectivity index (χ3n) is 3.81. The van der Waals surface area contributed by atoms with E-state index >= 15 is 0 Å². The maximum Gasteiger partial charge on any atom is 0.230 e. The van der Waals surface area contributed by atoms with Crippen molar-refractivity contribution >= 4 is 51.5 Å². The average Bonchev–Trinajstić information content (AvgIpc) is 2.62. The van der Waals surface area contributed by atoms with Gasteiger partial charge in [-0.05, 0) is 53.0 Å². The Bertz CT molecular complexity index is 919. The molecule has 0 saturated heterocycles. The number of nitrogens with one attached hydrogen (secondary N) is 2. The Morgan fingerprint density at radius 2 is 1.80 bits per heavy atom. The topological polar surface area (TPSA) is 41.1 Å². The molecule has 0 unspecified atom stereocenters. The first kappa shape index (κ1) is 17.5. The minimum absolute atomic E-state index is 0.130. The number of rotatable bonds is 4. The van der Waals surface area contributed by atoms with Crippen molar-refractivity contribution < 1.29 is 4.79 Å². The van der Waals surface area contributed by atoms with Gasteiger partial charge in [0.25, 0.3) is 0 Å². The third kappa shape index (κ3) is 4.59. The summed E-state index contributed by atoms with van der Waals surface area (Å²) < 4.78 is 0. The predicted octanol–water partition coefficient (Wildman–Crippen LogP) is 4.62. The fourth-order valence-electron chi connectivity index (χ4n) is 2.65. The quantitative estimate of drug-likeness (QED) is 0.522. The number of anilines is 1. The molecule has 0 aliphatic carbocycles. The molecule has 3 nitrogen and oxygen atoms in total. The summed E-state index contributed by atoms with van der Waals surface area (Å²) in [6, 6.07) is 21.9. The molecule has 3 aromatic rings. The molecule has 25 heavy (non-hydrogen) atoms. The lowest BCUT2D eigenvalue weighted by molar-refractivity contribution is -0.119. The molecule has 0 fully saturated rings. The van der Waals surface area contributed by atoms with Crippen LogP contribution in [0.5, 0.6) is 0 Å². The van der Waals surface area contributed by atoms with Crippen molar-refractivity contribution in [3.8, 4) is 0 Å². The summed E-state index contributed by atoms with van der Waals surface area (Å²) in [6.45, 7) is 0. The van der Waals surface area contributed by atoms with Gasteiger partial charge in [-0.15, -0.1) is 11.8 Å². The highest BCUT2D eigenvalue weighted by atomic mass is 32.2. The number of amides is 1. The second-order valence-corrected chi connectivity index (χ2v) is 6.84. The summed E-state index contributed by atoms with van der Waals surface area (Å²) in [6.07, 6.45) is 2.30. The SMILES string of the molecule is CSc1cccc(NC(=S)NC(=O)Cc2cccc3ccccc23)c1. The van der Waals surface area contributed by atoms with E-state index in [9.17, 15) is 4.79 Å². The van der Waals surface area contributed by atoms with E-state index in [1.54, 1.807) is 11.8 Å². The Labute approximate surface area is 156 Å². The standard InChI is InChI=1S/C20H18N2OS2/c1-25-17-10-5-9-16(13-17)21-20(24)22-19(23)12-15-8-4-7-14-6-2-3-11-18(14)15/h2-11,13H,12H2,1H3,(H2,21,22,23,24). The summed E-state index contributed by atoms with van der Waals surface area (Å²) in [5.41, 5.74) is 1.85. The summed E-state index contributed by atoms with van der Waals surface area (Å²) in [5, 5.41) is 8.34. The van der Waals surface area contributed by atoms with E-state index < -0.39 is 0 Å². The summed E-state index contributed by atoms with van der Waals surface area (Å²) in [4.78, 5) is 13.5. The van der Waals surface area contributed by atoms with Crippen molar-refractivity contribution in [1.82, 2.24) is 5.32 Å². The van der Waals surface area contributed by atoms with E-state index in [4.69, 9.17) is 12.2 Å². The van der Waals surface area contributed by atoms with Gasteiger partial charge in [0.1, 0.15) is 0 Å². The maximum absolute atomic E-state index is 12.3. The van der Waals surface area contributed by atoms with Crippen LogP contribution in [0.25, 0.3) is 10.8 Å². The van der Waals surface area contributed by atoms with Crippen molar-refractivity contribution in [3.63, 3.8) is 0 Å². The van der Waals surface area contributed by atoms with Gasteiger partial charge in [0.05, 0.1) is 6.42 Å². The van der Waals surface area contributed by atoms with Gasteiger partial charge >= 0.3 is 0 Å². The molecule has 3 rings (SSSR count).